The van der Waals surface area contributed by atoms with Crippen molar-refractivity contribution in [3.63, 3.8) is 0 Å². The van der Waals surface area contributed by atoms with Gasteiger partial charge in [0.1, 0.15) is 11.5 Å². The molecular weight excluding hydrogens is 403 g/mol. The molecule has 5 nitrogen and oxygen atoms in total. The zero-order valence-corrected chi connectivity index (χ0v) is 17.4. The lowest BCUT2D eigenvalue weighted by molar-refractivity contribution is -0.153. The molecule has 0 aliphatic heterocycles. The minimum atomic E-state index is -0.974. The van der Waals surface area contributed by atoms with Gasteiger partial charge in [0, 0.05) is 17.9 Å². The van der Waals surface area contributed by atoms with Crippen LogP contribution in [0.25, 0.3) is 0 Å². The smallest absolute Gasteiger partial charge is 0.333 e. The Morgan fingerprint density at radius 1 is 1.07 bits per heavy atom. The molecule has 1 N–H and O–H groups in total. The summed E-state index contributed by atoms with van der Waals surface area (Å²) in [5.41, 5.74) is 0.842. The van der Waals surface area contributed by atoms with Crippen molar-refractivity contribution in [2.75, 3.05) is 13.2 Å². The molecule has 0 saturated carbocycles. The number of benzene rings is 2. The second-order valence-corrected chi connectivity index (χ2v) is 7.33. The Hall–Kier alpha value is -1.95. The van der Waals surface area contributed by atoms with Crippen LogP contribution >= 0.6 is 23.2 Å². The highest BCUT2D eigenvalue weighted by molar-refractivity contribution is 6.35. The van der Waals surface area contributed by atoms with Crippen LogP contribution in [0.3, 0.4) is 0 Å². The topological polar surface area (TPSA) is 65.0 Å². The molecule has 2 aromatic carbocycles. The van der Waals surface area contributed by atoms with E-state index < -0.39 is 12.1 Å². The van der Waals surface area contributed by atoms with E-state index in [4.69, 9.17) is 37.4 Å². The molecule has 0 unspecified atom stereocenters. The summed E-state index contributed by atoms with van der Waals surface area (Å²) in [6.45, 7) is 4.54. The van der Waals surface area contributed by atoms with Gasteiger partial charge in [0.15, 0.2) is 6.10 Å². The molecule has 0 aromatic heterocycles. The lowest BCUT2D eigenvalue weighted by Gasteiger charge is -2.17. The van der Waals surface area contributed by atoms with Crippen LogP contribution in [0.5, 0.6) is 11.5 Å². The van der Waals surface area contributed by atoms with E-state index in [9.17, 15) is 9.90 Å². The van der Waals surface area contributed by atoms with Crippen LogP contribution in [-0.2, 0) is 16.0 Å². The Bertz CT molecular complexity index is 779. The van der Waals surface area contributed by atoms with E-state index in [1.54, 1.807) is 18.2 Å². The van der Waals surface area contributed by atoms with E-state index >= 15 is 0 Å². The molecule has 28 heavy (non-hydrogen) atoms. The highest BCUT2D eigenvalue weighted by Crippen LogP contribution is 2.27. The van der Waals surface area contributed by atoms with Gasteiger partial charge in [-0.05, 0) is 49.7 Å². The molecule has 1 atom stereocenters. The van der Waals surface area contributed by atoms with E-state index in [0.717, 1.165) is 5.56 Å². The first-order chi connectivity index (χ1) is 13.3. The summed E-state index contributed by atoms with van der Waals surface area (Å²) >= 11 is 11.9. The Balaban J connectivity index is 1.80. The fourth-order valence-electron chi connectivity index (χ4n) is 2.52. The molecule has 0 bridgehead atoms. The van der Waals surface area contributed by atoms with Gasteiger partial charge in [-0.2, -0.15) is 0 Å². The number of hydrogen-bond donors (Lipinski definition) is 1. The molecule has 0 saturated heterocycles. The molecule has 0 aliphatic rings. The highest BCUT2D eigenvalue weighted by Gasteiger charge is 2.20. The molecule has 152 valence electrons. The van der Waals surface area contributed by atoms with Gasteiger partial charge in [-0.15, -0.1) is 0 Å². The van der Waals surface area contributed by atoms with E-state index in [1.807, 2.05) is 38.1 Å². The standard InChI is InChI=1S/C21H24Cl2O5/c1-14(2)28-20(21(24)25)12-15-5-3-6-17(11-15)26-9-4-10-27-19-8-7-16(22)13-18(19)23/h3,5-8,11,13-14,20H,4,9-10,12H2,1-2H3,(H,24,25)/t20-/m0/s1. The number of carboxylic acids is 1. The van der Waals surface area contributed by atoms with Crippen LogP contribution in [0.15, 0.2) is 42.5 Å². The normalized spacial score (nSPS) is 12.0. The number of rotatable bonds is 11. The number of halogens is 2. The average molecular weight is 427 g/mol. The minimum Gasteiger partial charge on any atom is -0.493 e. The Kier molecular flexibility index (Phi) is 8.90. The third kappa shape index (κ3) is 7.58. The van der Waals surface area contributed by atoms with Crippen molar-refractivity contribution in [3.05, 3.63) is 58.1 Å². The molecule has 0 amide bonds. The average Bonchev–Trinajstić information content (AvgIpc) is 2.62. The first kappa shape index (κ1) is 22.3. The van der Waals surface area contributed by atoms with E-state index in [1.165, 1.54) is 0 Å². The van der Waals surface area contributed by atoms with Crippen molar-refractivity contribution < 1.29 is 24.1 Å². The third-order valence-corrected chi connectivity index (χ3v) is 4.27. The molecule has 0 fully saturated rings. The first-order valence-corrected chi connectivity index (χ1v) is 9.78. The van der Waals surface area contributed by atoms with Crippen molar-refractivity contribution in [1.82, 2.24) is 0 Å². The number of ether oxygens (including phenoxy) is 3. The van der Waals surface area contributed by atoms with Crippen LogP contribution in [-0.4, -0.2) is 36.5 Å². The van der Waals surface area contributed by atoms with Crippen LogP contribution in [0, 0.1) is 0 Å². The van der Waals surface area contributed by atoms with Gasteiger partial charge in [-0.25, -0.2) is 4.79 Å². The van der Waals surface area contributed by atoms with Crippen LogP contribution < -0.4 is 9.47 Å². The SMILES string of the molecule is CC(C)O[C@@H](Cc1cccc(OCCCOc2ccc(Cl)cc2Cl)c1)C(=O)O. The Morgan fingerprint density at radius 2 is 1.82 bits per heavy atom. The van der Waals surface area contributed by atoms with Gasteiger partial charge in [0.2, 0.25) is 0 Å². The molecule has 2 rings (SSSR count). The first-order valence-electron chi connectivity index (χ1n) is 9.03. The Morgan fingerprint density at radius 3 is 2.50 bits per heavy atom. The summed E-state index contributed by atoms with van der Waals surface area (Å²) in [7, 11) is 0. The molecule has 0 radical (unpaired) electrons. The molecule has 7 heteroatoms. The van der Waals surface area contributed by atoms with Crippen LogP contribution in [0.4, 0.5) is 0 Å². The fraction of sp³-hybridized carbons (Fsp3) is 0.381. The number of carbonyl (C=O) groups is 1. The van der Waals surface area contributed by atoms with Crippen molar-refractivity contribution >= 4 is 29.2 Å². The van der Waals surface area contributed by atoms with Gasteiger partial charge in [-0.3, -0.25) is 0 Å². The fourth-order valence-corrected chi connectivity index (χ4v) is 2.98. The molecule has 0 aliphatic carbocycles. The summed E-state index contributed by atoms with van der Waals surface area (Å²) in [5, 5.41) is 10.3. The quantitative estimate of drug-likeness (QED) is 0.496. The number of carboxylic acid groups (broad SMARTS) is 1. The zero-order chi connectivity index (χ0) is 20.5. The zero-order valence-electron chi connectivity index (χ0n) is 15.9. The van der Waals surface area contributed by atoms with Gasteiger partial charge in [0.25, 0.3) is 0 Å². The van der Waals surface area contributed by atoms with Crippen LogP contribution in [0.2, 0.25) is 10.0 Å². The molecular formula is C21H24Cl2O5. The van der Waals surface area contributed by atoms with Crippen molar-refractivity contribution in [1.29, 1.82) is 0 Å². The maximum absolute atomic E-state index is 11.3. The third-order valence-electron chi connectivity index (χ3n) is 3.74. The number of aliphatic carboxylic acids is 1. The number of hydrogen-bond acceptors (Lipinski definition) is 4. The van der Waals surface area contributed by atoms with Gasteiger partial charge in [-0.1, -0.05) is 35.3 Å². The molecule has 2 aromatic rings. The summed E-state index contributed by atoms with van der Waals surface area (Å²) < 4.78 is 16.8. The molecule has 0 heterocycles. The van der Waals surface area contributed by atoms with E-state index in [0.29, 0.717) is 41.2 Å². The van der Waals surface area contributed by atoms with Crippen molar-refractivity contribution in [2.24, 2.45) is 0 Å². The monoisotopic (exact) mass is 426 g/mol. The maximum atomic E-state index is 11.3. The van der Waals surface area contributed by atoms with Gasteiger partial charge < -0.3 is 19.3 Å². The summed E-state index contributed by atoms with van der Waals surface area (Å²) in [5.74, 6) is 0.284. The second kappa shape index (κ2) is 11.1. The van der Waals surface area contributed by atoms with Crippen molar-refractivity contribution in [2.45, 2.75) is 38.9 Å². The minimum absolute atomic E-state index is 0.158. The lowest BCUT2D eigenvalue weighted by Crippen LogP contribution is -2.29. The predicted molar refractivity (Wildman–Crippen MR) is 110 cm³/mol. The second-order valence-electron chi connectivity index (χ2n) is 6.49. The van der Waals surface area contributed by atoms with Crippen molar-refractivity contribution in [3.8, 4) is 11.5 Å². The van der Waals surface area contributed by atoms with Gasteiger partial charge >= 0.3 is 5.97 Å². The predicted octanol–water partition coefficient (Wildman–Crippen LogP) is 5.26. The van der Waals surface area contributed by atoms with E-state index in [-0.39, 0.29) is 12.5 Å². The highest BCUT2D eigenvalue weighted by atomic mass is 35.5. The maximum Gasteiger partial charge on any atom is 0.333 e. The summed E-state index contributed by atoms with van der Waals surface area (Å²) in [6.07, 6.45) is -0.0947. The Labute approximate surface area is 175 Å². The van der Waals surface area contributed by atoms with Crippen LogP contribution in [0.1, 0.15) is 25.8 Å². The molecule has 0 spiro atoms. The summed E-state index contributed by atoms with van der Waals surface area (Å²) in [4.78, 5) is 11.3. The van der Waals surface area contributed by atoms with E-state index in [2.05, 4.69) is 0 Å². The summed E-state index contributed by atoms with van der Waals surface area (Å²) in [6, 6.07) is 12.4. The lowest BCUT2D eigenvalue weighted by atomic mass is 10.1. The van der Waals surface area contributed by atoms with Gasteiger partial charge in [0.05, 0.1) is 24.3 Å². The largest absolute Gasteiger partial charge is 0.493 e.